The number of aromatic amines is 1. The van der Waals surface area contributed by atoms with Gasteiger partial charge in [0.2, 0.25) is 0 Å². The largest absolute Gasteiger partial charge is 0.417 e. The first-order chi connectivity index (χ1) is 9.05. The first-order valence-corrected chi connectivity index (χ1v) is 5.67. The van der Waals surface area contributed by atoms with Crippen LogP contribution in [0.15, 0.2) is 24.7 Å². The Kier molecular flexibility index (Phi) is 3.98. The number of alkyl halides is 3. The van der Waals surface area contributed by atoms with E-state index in [9.17, 15) is 13.2 Å². The summed E-state index contributed by atoms with van der Waals surface area (Å²) in [6.07, 6.45) is -0.609. The van der Waals surface area contributed by atoms with Crippen LogP contribution < -0.4 is 5.32 Å². The molecular weight excluding hydrogens is 259 g/mol. The van der Waals surface area contributed by atoms with E-state index in [1.807, 2.05) is 0 Å². The molecule has 2 rings (SSSR count). The first-order valence-electron chi connectivity index (χ1n) is 5.67. The lowest BCUT2D eigenvalue weighted by Crippen LogP contribution is -2.08. The second-order valence-corrected chi connectivity index (χ2v) is 3.89. The number of pyridine rings is 1. The zero-order valence-corrected chi connectivity index (χ0v) is 9.91. The standard InChI is InChI=1S/C11H12F3N5/c12-11(13,14)8-3-4-9(16-6-8)15-5-1-2-10-17-7-18-19-10/h3-4,6-7H,1-2,5H2,(H,15,16)(H,17,18,19). The van der Waals surface area contributed by atoms with Crippen molar-refractivity contribution in [2.24, 2.45) is 0 Å². The molecule has 5 nitrogen and oxygen atoms in total. The van der Waals surface area contributed by atoms with Gasteiger partial charge in [0, 0.05) is 19.2 Å². The van der Waals surface area contributed by atoms with Crippen LogP contribution in [0.2, 0.25) is 0 Å². The molecule has 0 aliphatic heterocycles. The predicted octanol–water partition coefficient (Wildman–Crippen LogP) is 2.26. The fourth-order valence-corrected chi connectivity index (χ4v) is 1.49. The third kappa shape index (κ3) is 3.94. The number of H-pyrrole nitrogens is 1. The van der Waals surface area contributed by atoms with Crippen molar-refractivity contribution in [3.63, 3.8) is 0 Å². The number of rotatable bonds is 5. The van der Waals surface area contributed by atoms with Gasteiger partial charge in [0.05, 0.1) is 5.56 Å². The average Bonchev–Trinajstić information content (AvgIpc) is 2.87. The highest BCUT2D eigenvalue weighted by atomic mass is 19.4. The molecule has 0 radical (unpaired) electrons. The Morgan fingerprint density at radius 3 is 2.63 bits per heavy atom. The number of nitrogens with one attached hydrogen (secondary N) is 2. The van der Waals surface area contributed by atoms with Gasteiger partial charge < -0.3 is 5.32 Å². The van der Waals surface area contributed by atoms with Crippen molar-refractivity contribution in [2.75, 3.05) is 11.9 Å². The number of halogens is 3. The fraction of sp³-hybridized carbons (Fsp3) is 0.364. The molecule has 19 heavy (non-hydrogen) atoms. The second kappa shape index (κ2) is 5.68. The van der Waals surface area contributed by atoms with Gasteiger partial charge in [0.1, 0.15) is 18.0 Å². The number of aryl methyl sites for hydroxylation is 1. The van der Waals surface area contributed by atoms with Crippen molar-refractivity contribution in [3.8, 4) is 0 Å². The fourth-order valence-electron chi connectivity index (χ4n) is 1.49. The van der Waals surface area contributed by atoms with Crippen LogP contribution in [0, 0.1) is 0 Å². The van der Waals surface area contributed by atoms with Gasteiger partial charge in [-0.3, -0.25) is 5.10 Å². The molecule has 0 unspecified atom stereocenters. The number of hydrogen-bond donors (Lipinski definition) is 2. The number of nitrogens with zero attached hydrogens (tertiary/aromatic N) is 3. The summed E-state index contributed by atoms with van der Waals surface area (Å²) < 4.78 is 36.9. The van der Waals surface area contributed by atoms with Crippen molar-refractivity contribution in [1.82, 2.24) is 20.2 Å². The van der Waals surface area contributed by atoms with Gasteiger partial charge in [-0.2, -0.15) is 18.3 Å². The van der Waals surface area contributed by atoms with E-state index in [1.165, 1.54) is 12.4 Å². The van der Waals surface area contributed by atoms with E-state index in [0.717, 1.165) is 24.5 Å². The van der Waals surface area contributed by atoms with E-state index in [2.05, 4.69) is 25.5 Å². The summed E-state index contributed by atoms with van der Waals surface area (Å²) in [4.78, 5) is 7.68. The Morgan fingerprint density at radius 2 is 2.05 bits per heavy atom. The van der Waals surface area contributed by atoms with E-state index >= 15 is 0 Å². The summed E-state index contributed by atoms with van der Waals surface area (Å²) in [6.45, 7) is 0.596. The lowest BCUT2D eigenvalue weighted by atomic mass is 10.2. The molecule has 0 fully saturated rings. The van der Waals surface area contributed by atoms with Crippen LogP contribution in [0.1, 0.15) is 17.8 Å². The maximum atomic E-state index is 12.3. The summed E-state index contributed by atoms with van der Waals surface area (Å²) in [7, 11) is 0. The van der Waals surface area contributed by atoms with Gasteiger partial charge >= 0.3 is 6.18 Å². The van der Waals surface area contributed by atoms with Crippen LogP contribution in [0.5, 0.6) is 0 Å². The Labute approximate surface area is 107 Å². The molecule has 0 aromatic carbocycles. The normalized spacial score (nSPS) is 11.5. The molecule has 0 bridgehead atoms. The van der Waals surface area contributed by atoms with Gasteiger partial charge in [0.25, 0.3) is 0 Å². The van der Waals surface area contributed by atoms with E-state index < -0.39 is 11.7 Å². The van der Waals surface area contributed by atoms with E-state index in [0.29, 0.717) is 18.8 Å². The summed E-state index contributed by atoms with van der Waals surface area (Å²) >= 11 is 0. The molecule has 2 aromatic rings. The van der Waals surface area contributed by atoms with Crippen LogP contribution in [-0.4, -0.2) is 26.7 Å². The molecule has 0 aliphatic rings. The smallest absolute Gasteiger partial charge is 0.370 e. The molecule has 0 saturated heterocycles. The molecule has 0 aliphatic carbocycles. The monoisotopic (exact) mass is 271 g/mol. The Hall–Kier alpha value is -2.12. The molecule has 0 spiro atoms. The summed E-state index contributed by atoms with van der Waals surface area (Å²) in [5.41, 5.74) is -0.750. The minimum atomic E-state index is -4.35. The van der Waals surface area contributed by atoms with Crippen molar-refractivity contribution < 1.29 is 13.2 Å². The van der Waals surface area contributed by atoms with Crippen LogP contribution in [0.25, 0.3) is 0 Å². The zero-order chi connectivity index (χ0) is 13.7. The lowest BCUT2D eigenvalue weighted by molar-refractivity contribution is -0.137. The van der Waals surface area contributed by atoms with Crippen LogP contribution >= 0.6 is 0 Å². The Morgan fingerprint density at radius 1 is 1.21 bits per heavy atom. The maximum absolute atomic E-state index is 12.3. The van der Waals surface area contributed by atoms with E-state index in [-0.39, 0.29) is 0 Å². The van der Waals surface area contributed by atoms with Gasteiger partial charge in [-0.1, -0.05) is 0 Å². The number of anilines is 1. The third-order valence-electron chi connectivity index (χ3n) is 2.45. The minimum absolute atomic E-state index is 0.422. The molecule has 2 aromatic heterocycles. The zero-order valence-electron chi connectivity index (χ0n) is 9.91. The van der Waals surface area contributed by atoms with Gasteiger partial charge in [-0.05, 0) is 18.6 Å². The maximum Gasteiger partial charge on any atom is 0.417 e. The van der Waals surface area contributed by atoms with E-state index in [4.69, 9.17) is 0 Å². The third-order valence-corrected chi connectivity index (χ3v) is 2.45. The molecule has 2 N–H and O–H groups in total. The highest BCUT2D eigenvalue weighted by Crippen LogP contribution is 2.28. The lowest BCUT2D eigenvalue weighted by Gasteiger charge is -2.08. The average molecular weight is 271 g/mol. The Bertz CT molecular complexity index is 492. The molecule has 0 atom stereocenters. The quantitative estimate of drug-likeness (QED) is 0.819. The SMILES string of the molecule is FC(F)(F)c1ccc(NCCCc2ncn[nH]2)nc1. The van der Waals surface area contributed by atoms with Gasteiger partial charge in [-0.25, -0.2) is 9.97 Å². The second-order valence-electron chi connectivity index (χ2n) is 3.89. The molecule has 8 heteroatoms. The van der Waals surface area contributed by atoms with Crippen molar-refractivity contribution in [3.05, 3.63) is 36.0 Å². The van der Waals surface area contributed by atoms with Crippen LogP contribution in [0.4, 0.5) is 19.0 Å². The molecule has 0 amide bonds. The van der Waals surface area contributed by atoms with Gasteiger partial charge in [-0.15, -0.1) is 0 Å². The van der Waals surface area contributed by atoms with Crippen LogP contribution in [0.3, 0.4) is 0 Å². The van der Waals surface area contributed by atoms with Crippen molar-refractivity contribution in [1.29, 1.82) is 0 Å². The molecule has 2 heterocycles. The summed E-state index contributed by atoms with van der Waals surface area (Å²) in [5.74, 6) is 1.20. The first kappa shape index (κ1) is 13.3. The van der Waals surface area contributed by atoms with E-state index in [1.54, 1.807) is 0 Å². The highest BCUT2D eigenvalue weighted by molar-refractivity contribution is 5.35. The Balaban J connectivity index is 1.77. The molecular formula is C11H12F3N5. The number of hydrogen-bond acceptors (Lipinski definition) is 4. The molecule has 0 saturated carbocycles. The predicted molar refractivity (Wildman–Crippen MR) is 62.4 cm³/mol. The summed E-state index contributed by atoms with van der Waals surface area (Å²) in [6, 6.07) is 2.32. The van der Waals surface area contributed by atoms with Crippen molar-refractivity contribution in [2.45, 2.75) is 19.0 Å². The number of aromatic nitrogens is 4. The summed E-state index contributed by atoms with van der Waals surface area (Å²) in [5, 5.41) is 9.39. The van der Waals surface area contributed by atoms with Crippen molar-refractivity contribution >= 4 is 5.82 Å². The highest BCUT2D eigenvalue weighted by Gasteiger charge is 2.30. The minimum Gasteiger partial charge on any atom is -0.370 e. The van der Waals surface area contributed by atoms with Gasteiger partial charge in [0.15, 0.2) is 0 Å². The topological polar surface area (TPSA) is 66.5 Å². The van der Waals surface area contributed by atoms with Crippen LogP contribution in [-0.2, 0) is 12.6 Å². The molecule has 102 valence electrons.